The van der Waals surface area contributed by atoms with Crippen LogP contribution < -0.4 is 15.5 Å². The number of fused-ring (bicyclic) bond motifs is 22. The Bertz CT molecular complexity index is 6320. The standard InChI is InChI=1S/C102H66N6O/c103-63-64-39-49-72(50-40-64)107(70-21-3-1-4-22-70)73-51-41-65(42-52-73)98-99(66-43-53-74(54-44-66)108(71-23-5-2-6-24-71)75-55-45-67(46-56-75)100-106-94-37-19-20-38-97(94)109-100)105-96-62-85(69-48-58-83-81-30-12-18-36-91(81)102(93(83)60-69)88-33-15-9-27-78(88)79-28-10-16-34-89(79)102)84(61-95(96)104-98)68-47-57-82-80-29-11-17-35-90(80)101(92(82)59-68)86-31-13-7-25-76(86)77-26-8-14-32-87(77)101/h1-62H,63,103H2. The van der Waals surface area contributed by atoms with Gasteiger partial charge in [-0.1, -0.05) is 255 Å². The summed E-state index contributed by atoms with van der Waals surface area (Å²) in [6, 6.07) is 137. The Morgan fingerprint density at radius 1 is 0.239 bits per heavy atom. The van der Waals surface area contributed by atoms with Gasteiger partial charge in [0.2, 0.25) is 5.89 Å². The zero-order chi connectivity index (χ0) is 71.9. The molecular formula is C102H66N6O. The van der Waals surface area contributed by atoms with Crippen LogP contribution in [0.3, 0.4) is 0 Å². The number of hydrogen-bond donors (Lipinski definition) is 1. The van der Waals surface area contributed by atoms with E-state index in [4.69, 9.17) is 25.1 Å². The van der Waals surface area contributed by atoms with E-state index in [0.29, 0.717) is 12.4 Å². The molecule has 2 aromatic heterocycles. The van der Waals surface area contributed by atoms with Gasteiger partial charge < -0.3 is 20.0 Å². The Balaban J connectivity index is 0.765. The van der Waals surface area contributed by atoms with Crippen LogP contribution in [0.1, 0.15) is 50.1 Å². The van der Waals surface area contributed by atoms with Crippen molar-refractivity contribution in [1.29, 1.82) is 0 Å². The second kappa shape index (κ2) is 24.5. The lowest BCUT2D eigenvalue weighted by Crippen LogP contribution is -2.25. The van der Waals surface area contributed by atoms with Crippen LogP contribution in [-0.4, -0.2) is 15.0 Å². The van der Waals surface area contributed by atoms with Crippen molar-refractivity contribution < 1.29 is 4.42 Å². The largest absolute Gasteiger partial charge is 0.436 e. The second-order valence-electron chi connectivity index (χ2n) is 28.9. The summed E-state index contributed by atoms with van der Waals surface area (Å²) >= 11 is 0. The third-order valence-corrected chi connectivity index (χ3v) is 23.3. The number of nitrogens with zero attached hydrogens (tertiary/aromatic N) is 5. The molecule has 0 saturated heterocycles. The normalized spacial score (nSPS) is 13.2. The predicted octanol–water partition coefficient (Wildman–Crippen LogP) is 25.2. The number of oxazole rings is 1. The van der Waals surface area contributed by atoms with Gasteiger partial charge in [0.25, 0.3) is 0 Å². The number of hydrogen-bond acceptors (Lipinski definition) is 7. The molecule has 0 saturated carbocycles. The summed E-state index contributed by atoms with van der Waals surface area (Å²) < 4.78 is 6.25. The zero-order valence-corrected chi connectivity index (χ0v) is 59.2. The molecule has 0 fully saturated rings. The molecule has 510 valence electrons. The third kappa shape index (κ3) is 9.37. The average molecular weight is 1390 g/mol. The number of rotatable bonds is 12. The maximum atomic E-state index is 6.25. The van der Waals surface area contributed by atoms with E-state index in [2.05, 4.69) is 362 Å². The molecule has 16 aromatic carbocycles. The van der Waals surface area contributed by atoms with Gasteiger partial charge in [0, 0.05) is 57.4 Å². The fourth-order valence-corrected chi connectivity index (χ4v) is 18.6. The highest BCUT2D eigenvalue weighted by atomic mass is 16.3. The van der Waals surface area contributed by atoms with Crippen molar-refractivity contribution in [2.45, 2.75) is 17.4 Å². The molecule has 4 aliphatic rings. The minimum Gasteiger partial charge on any atom is -0.436 e. The highest BCUT2D eigenvalue weighted by Crippen LogP contribution is 2.65. The molecule has 0 amide bonds. The summed E-state index contributed by atoms with van der Waals surface area (Å²) in [6.45, 7) is 0.463. The second-order valence-corrected chi connectivity index (χ2v) is 28.9. The Labute approximate surface area is 631 Å². The Morgan fingerprint density at radius 3 is 0.908 bits per heavy atom. The highest BCUT2D eigenvalue weighted by molar-refractivity contribution is 6.02. The van der Waals surface area contributed by atoms with Gasteiger partial charge in [0.1, 0.15) is 5.52 Å². The lowest BCUT2D eigenvalue weighted by atomic mass is 9.70. The summed E-state index contributed by atoms with van der Waals surface area (Å²) in [4.78, 5) is 21.3. The zero-order valence-electron chi connectivity index (χ0n) is 59.2. The maximum absolute atomic E-state index is 6.25. The van der Waals surface area contributed by atoms with Gasteiger partial charge in [-0.05, 0) is 238 Å². The number of aromatic nitrogens is 3. The van der Waals surface area contributed by atoms with E-state index in [1.54, 1.807) is 0 Å². The molecule has 7 nitrogen and oxygen atoms in total. The lowest BCUT2D eigenvalue weighted by Gasteiger charge is -2.31. The summed E-state index contributed by atoms with van der Waals surface area (Å²) in [5.74, 6) is 0.581. The van der Waals surface area contributed by atoms with Crippen molar-refractivity contribution in [2.24, 2.45) is 5.73 Å². The number of nitrogens with two attached hydrogens (primary N) is 1. The molecule has 2 heterocycles. The smallest absolute Gasteiger partial charge is 0.227 e. The van der Waals surface area contributed by atoms with Gasteiger partial charge in [-0.25, -0.2) is 15.0 Å². The lowest BCUT2D eigenvalue weighted by molar-refractivity contribution is 0.620. The Kier molecular flexibility index (Phi) is 14.0. The van der Waals surface area contributed by atoms with Crippen LogP contribution in [0.15, 0.2) is 381 Å². The van der Waals surface area contributed by atoms with E-state index in [-0.39, 0.29) is 0 Å². The molecule has 0 aliphatic heterocycles. The molecule has 2 N–H and O–H groups in total. The van der Waals surface area contributed by atoms with Crippen LogP contribution in [0.5, 0.6) is 0 Å². The molecule has 4 aliphatic carbocycles. The van der Waals surface area contributed by atoms with E-state index < -0.39 is 10.8 Å². The van der Waals surface area contributed by atoms with E-state index in [9.17, 15) is 0 Å². The van der Waals surface area contributed by atoms with Crippen LogP contribution in [-0.2, 0) is 17.4 Å². The number of benzene rings is 16. The molecule has 18 aromatic rings. The minimum atomic E-state index is -0.565. The molecule has 22 rings (SSSR count). The predicted molar refractivity (Wildman–Crippen MR) is 444 cm³/mol. The first-order valence-corrected chi connectivity index (χ1v) is 37.4. The van der Waals surface area contributed by atoms with Gasteiger partial charge in [-0.2, -0.15) is 0 Å². The molecule has 109 heavy (non-hydrogen) atoms. The Morgan fingerprint density at radius 2 is 0.541 bits per heavy atom. The molecule has 0 bridgehead atoms. The summed E-state index contributed by atoms with van der Waals surface area (Å²) in [7, 11) is 0. The van der Waals surface area contributed by atoms with Crippen molar-refractivity contribution in [2.75, 3.05) is 9.80 Å². The molecule has 0 radical (unpaired) electrons. The number of anilines is 6. The van der Waals surface area contributed by atoms with Crippen molar-refractivity contribution in [3.63, 3.8) is 0 Å². The van der Waals surface area contributed by atoms with Crippen LogP contribution in [0.4, 0.5) is 34.1 Å². The minimum absolute atomic E-state index is 0.463. The van der Waals surface area contributed by atoms with Crippen LogP contribution in [0.2, 0.25) is 0 Å². The van der Waals surface area contributed by atoms with Gasteiger partial charge in [-0.3, -0.25) is 0 Å². The van der Waals surface area contributed by atoms with E-state index in [0.717, 1.165) is 112 Å². The molecule has 2 spiro atoms. The van der Waals surface area contributed by atoms with Crippen molar-refractivity contribution in [1.82, 2.24) is 15.0 Å². The van der Waals surface area contributed by atoms with Crippen LogP contribution in [0, 0.1) is 0 Å². The SMILES string of the molecule is NCc1ccc(N(c2ccccc2)c2ccc(-c3nc4cc(-c5ccc6c(c5)C5(c7ccccc7-c7ccccc75)c5ccccc5-6)c(-c5ccc6c(c5)C5(c7ccccc7-c7ccccc75)c5ccccc5-6)cc4nc3-c3ccc(N(c4ccccc4)c4ccc(-c5nc6ccccc6o5)cc4)cc3)cc2)cc1. The molecule has 0 unspecified atom stereocenters. The first-order valence-electron chi connectivity index (χ1n) is 37.4. The maximum Gasteiger partial charge on any atom is 0.227 e. The molecule has 7 heteroatoms. The summed E-state index contributed by atoms with van der Waals surface area (Å²) in [6.07, 6.45) is 0. The topological polar surface area (TPSA) is 84.3 Å². The van der Waals surface area contributed by atoms with Gasteiger partial charge in [0.15, 0.2) is 5.58 Å². The van der Waals surface area contributed by atoms with Gasteiger partial charge in [-0.15, -0.1) is 0 Å². The first kappa shape index (κ1) is 62.3. The Hall–Kier alpha value is -14.1. The van der Waals surface area contributed by atoms with Crippen molar-refractivity contribution in [3.05, 3.63) is 426 Å². The quantitative estimate of drug-likeness (QED) is 0.130. The summed E-state index contributed by atoms with van der Waals surface area (Å²) in [5, 5.41) is 0. The number of para-hydroxylation sites is 4. The third-order valence-electron chi connectivity index (χ3n) is 23.3. The molecule has 0 atom stereocenters. The van der Waals surface area contributed by atoms with E-state index in [1.807, 2.05) is 24.3 Å². The summed E-state index contributed by atoms with van der Waals surface area (Å²) in [5.41, 5.74) is 44.3. The van der Waals surface area contributed by atoms with Crippen LogP contribution >= 0.6 is 0 Å². The van der Waals surface area contributed by atoms with E-state index >= 15 is 0 Å². The van der Waals surface area contributed by atoms with Gasteiger partial charge in [0.05, 0.1) is 33.3 Å². The van der Waals surface area contributed by atoms with Gasteiger partial charge >= 0.3 is 0 Å². The monoisotopic (exact) mass is 1390 g/mol. The van der Waals surface area contributed by atoms with Crippen molar-refractivity contribution >= 4 is 56.3 Å². The fourth-order valence-electron chi connectivity index (χ4n) is 18.6. The van der Waals surface area contributed by atoms with Crippen molar-refractivity contribution in [3.8, 4) is 101 Å². The van der Waals surface area contributed by atoms with E-state index in [1.165, 1.54) is 89.0 Å². The van der Waals surface area contributed by atoms with Crippen LogP contribution in [0.25, 0.3) is 123 Å². The molecular weight excluding hydrogens is 1330 g/mol. The fraction of sp³-hybridized carbons (Fsp3) is 0.0294. The first-order chi connectivity index (χ1) is 54.0. The average Bonchev–Trinajstić information content (AvgIpc) is 1.52. The highest BCUT2D eigenvalue weighted by Gasteiger charge is 2.53.